The van der Waals surface area contributed by atoms with Gasteiger partial charge in [-0.1, -0.05) is 6.07 Å². The molecule has 0 amide bonds. The molecule has 0 fully saturated rings. The molecule has 0 saturated carbocycles. The highest BCUT2D eigenvalue weighted by molar-refractivity contribution is 6.05. The monoisotopic (exact) mass is 203 g/mol. The molecule has 0 radical (unpaired) electrons. The second-order valence-electron chi connectivity index (χ2n) is 3.33. The van der Waals surface area contributed by atoms with Crippen molar-refractivity contribution in [3.05, 3.63) is 35.5 Å². The van der Waals surface area contributed by atoms with Gasteiger partial charge in [0.2, 0.25) is 6.41 Å². The molecule has 0 unspecified atom stereocenters. The van der Waals surface area contributed by atoms with Crippen LogP contribution in [0.15, 0.2) is 24.4 Å². The van der Waals surface area contributed by atoms with Crippen LogP contribution >= 0.6 is 0 Å². The quantitative estimate of drug-likeness (QED) is 0.755. The van der Waals surface area contributed by atoms with Gasteiger partial charge in [-0.15, -0.1) is 0 Å². The van der Waals surface area contributed by atoms with Crippen molar-refractivity contribution in [2.45, 2.75) is 6.92 Å². The number of nitrogens with zero attached hydrogens (tertiary/aromatic N) is 1. The number of rotatable bonds is 2. The minimum atomic E-state index is -0.983. The summed E-state index contributed by atoms with van der Waals surface area (Å²) >= 11 is 0. The minimum Gasteiger partial charge on any atom is -0.478 e. The molecule has 0 aliphatic carbocycles. The SMILES string of the molecule is Cc1ccc(C(=O)O)c2ccn(C=O)c12. The Hall–Kier alpha value is -2.10. The van der Waals surface area contributed by atoms with E-state index in [0.29, 0.717) is 17.3 Å². The molecule has 2 aromatic rings. The van der Waals surface area contributed by atoms with Crippen molar-refractivity contribution in [3.8, 4) is 0 Å². The first-order valence-electron chi connectivity index (χ1n) is 4.44. The number of carboxylic acid groups (broad SMARTS) is 1. The molecule has 2 rings (SSSR count). The Kier molecular flexibility index (Phi) is 2.04. The summed E-state index contributed by atoms with van der Waals surface area (Å²) in [6.07, 6.45) is 2.23. The Bertz CT molecular complexity index is 554. The van der Waals surface area contributed by atoms with Crippen LogP contribution in [0.3, 0.4) is 0 Å². The van der Waals surface area contributed by atoms with Gasteiger partial charge in [-0.25, -0.2) is 4.79 Å². The van der Waals surface area contributed by atoms with E-state index in [0.717, 1.165) is 5.56 Å². The zero-order valence-corrected chi connectivity index (χ0v) is 8.10. The van der Waals surface area contributed by atoms with Gasteiger partial charge in [-0.05, 0) is 24.6 Å². The van der Waals surface area contributed by atoms with Crippen LogP contribution in [-0.2, 0) is 4.79 Å². The maximum absolute atomic E-state index is 10.9. The Morgan fingerprint density at radius 3 is 2.73 bits per heavy atom. The smallest absolute Gasteiger partial charge is 0.336 e. The second-order valence-corrected chi connectivity index (χ2v) is 3.33. The standard InChI is InChI=1S/C11H9NO3/c1-7-2-3-9(11(14)15)8-4-5-12(6-13)10(7)8/h2-6H,1H3,(H,14,15). The summed E-state index contributed by atoms with van der Waals surface area (Å²) in [7, 11) is 0. The molecular weight excluding hydrogens is 194 g/mol. The molecule has 1 N–H and O–H groups in total. The van der Waals surface area contributed by atoms with Gasteiger partial charge in [0.05, 0.1) is 11.1 Å². The van der Waals surface area contributed by atoms with Crippen molar-refractivity contribution in [1.82, 2.24) is 4.57 Å². The van der Waals surface area contributed by atoms with Crippen LogP contribution < -0.4 is 0 Å². The largest absolute Gasteiger partial charge is 0.478 e. The summed E-state index contributed by atoms with van der Waals surface area (Å²) < 4.78 is 1.39. The van der Waals surface area contributed by atoms with Gasteiger partial charge in [-0.3, -0.25) is 9.36 Å². The molecule has 0 spiro atoms. The summed E-state index contributed by atoms with van der Waals surface area (Å²) in [5, 5.41) is 9.55. The van der Waals surface area contributed by atoms with Crippen LogP contribution in [0.25, 0.3) is 10.9 Å². The fourth-order valence-electron chi connectivity index (χ4n) is 1.73. The van der Waals surface area contributed by atoms with Crippen molar-refractivity contribution in [1.29, 1.82) is 0 Å². The van der Waals surface area contributed by atoms with Gasteiger partial charge < -0.3 is 5.11 Å². The number of aromatic nitrogens is 1. The van der Waals surface area contributed by atoms with Gasteiger partial charge in [0.15, 0.2) is 0 Å². The second kappa shape index (κ2) is 3.24. The number of hydrogen-bond acceptors (Lipinski definition) is 2. The van der Waals surface area contributed by atoms with E-state index in [4.69, 9.17) is 5.11 Å². The number of fused-ring (bicyclic) bond motifs is 1. The topological polar surface area (TPSA) is 59.3 Å². The molecule has 1 aromatic heterocycles. The van der Waals surface area contributed by atoms with E-state index < -0.39 is 5.97 Å². The molecule has 0 bridgehead atoms. The lowest BCUT2D eigenvalue weighted by atomic mass is 10.1. The maximum atomic E-state index is 10.9. The number of benzene rings is 1. The van der Waals surface area contributed by atoms with E-state index in [2.05, 4.69) is 0 Å². The van der Waals surface area contributed by atoms with Crippen molar-refractivity contribution in [2.24, 2.45) is 0 Å². The van der Waals surface area contributed by atoms with Gasteiger partial charge in [-0.2, -0.15) is 0 Å². The summed E-state index contributed by atoms with van der Waals surface area (Å²) in [6.45, 7) is 1.84. The Morgan fingerprint density at radius 2 is 2.13 bits per heavy atom. The van der Waals surface area contributed by atoms with Crippen molar-refractivity contribution in [2.75, 3.05) is 0 Å². The van der Waals surface area contributed by atoms with E-state index in [1.54, 1.807) is 24.4 Å². The van der Waals surface area contributed by atoms with Crippen LogP contribution in [-0.4, -0.2) is 22.1 Å². The summed E-state index contributed by atoms with van der Waals surface area (Å²) in [5.74, 6) is -0.983. The summed E-state index contributed by atoms with van der Waals surface area (Å²) in [4.78, 5) is 21.7. The minimum absolute atomic E-state index is 0.219. The average molecular weight is 203 g/mol. The number of carbonyl (C=O) groups is 2. The number of carbonyl (C=O) groups excluding carboxylic acids is 1. The third-order valence-electron chi connectivity index (χ3n) is 2.42. The number of aromatic carboxylic acids is 1. The lowest BCUT2D eigenvalue weighted by molar-refractivity contribution is 0.0699. The van der Waals surface area contributed by atoms with E-state index in [9.17, 15) is 9.59 Å². The first-order chi connectivity index (χ1) is 7.15. The third-order valence-corrected chi connectivity index (χ3v) is 2.42. The Morgan fingerprint density at radius 1 is 1.40 bits per heavy atom. The highest BCUT2D eigenvalue weighted by Crippen LogP contribution is 2.23. The van der Waals surface area contributed by atoms with Gasteiger partial charge in [0.25, 0.3) is 0 Å². The van der Waals surface area contributed by atoms with E-state index >= 15 is 0 Å². The van der Waals surface area contributed by atoms with Gasteiger partial charge in [0.1, 0.15) is 0 Å². The average Bonchev–Trinajstić information content (AvgIpc) is 2.62. The van der Waals surface area contributed by atoms with Gasteiger partial charge in [0, 0.05) is 11.6 Å². The van der Waals surface area contributed by atoms with Crippen LogP contribution in [0, 0.1) is 6.92 Å². The van der Waals surface area contributed by atoms with Crippen LogP contribution in [0.1, 0.15) is 15.9 Å². The fourth-order valence-corrected chi connectivity index (χ4v) is 1.73. The molecule has 4 heteroatoms. The molecule has 0 atom stereocenters. The van der Waals surface area contributed by atoms with E-state index in [-0.39, 0.29) is 5.56 Å². The lowest BCUT2D eigenvalue weighted by Crippen LogP contribution is -1.99. The van der Waals surface area contributed by atoms with Gasteiger partial charge >= 0.3 is 5.97 Å². The zero-order chi connectivity index (χ0) is 11.0. The normalized spacial score (nSPS) is 10.5. The van der Waals surface area contributed by atoms with Crippen LogP contribution in [0.4, 0.5) is 0 Å². The lowest BCUT2D eigenvalue weighted by Gasteiger charge is -2.02. The van der Waals surface area contributed by atoms with E-state index in [1.165, 1.54) is 4.57 Å². The maximum Gasteiger partial charge on any atom is 0.336 e. The first-order valence-corrected chi connectivity index (χ1v) is 4.44. The molecule has 1 aromatic carbocycles. The van der Waals surface area contributed by atoms with E-state index in [1.807, 2.05) is 6.92 Å². The van der Waals surface area contributed by atoms with Crippen LogP contribution in [0.5, 0.6) is 0 Å². The molecule has 1 heterocycles. The molecule has 15 heavy (non-hydrogen) atoms. The number of aryl methyl sites for hydroxylation is 1. The zero-order valence-electron chi connectivity index (χ0n) is 8.10. The number of hydrogen-bond donors (Lipinski definition) is 1. The molecular formula is C11H9NO3. The fraction of sp³-hybridized carbons (Fsp3) is 0.0909. The Balaban J connectivity index is 2.90. The van der Waals surface area contributed by atoms with Crippen molar-refractivity contribution >= 4 is 23.3 Å². The number of carboxylic acids is 1. The molecule has 4 nitrogen and oxygen atoms in total. The summed E-state index contributed by atoms with van der Waals surface area (Å²) in [6, 6.07) is 4.89. The highest BCUT2D eigenvalue weighted by Gasteiger charge is 2.12. The molecule has 0 aliphatic heterocycles. The first kappa shape index (κ1) is 9.45. The predicted octanol–water partition coefficient (Wildman–Crippen LogP) is 1.69. The Labute approximate surface area is 85.7 Å². The molecule has 0 aliphatic rings. The van der Waals surface area contributed by atoms with Crippen LogP contribution in [0.2, 0.25) is 0 Å². The molecule has 76 valence electrons. The molecule has 0 saturated heterocycles. The van der Waals surface area contributed by atoms with Crippen molar-refractivity contribution in [3.63, 3.8) is 0 Å². The van der Waals surface area contributed by atoms with Crippen molar-refractivity contribution < 1.29 is 14.7 Å². The predicted molar refractivity (Wildman–Crippen MR) is 55.8 cm³/mol. The third kappa shape index (κ3) is 1.30. The highest BCUT2D eigenvalue weighted by atomic mass is 16.4. The summed E-state index contributed by atoms with van der Waals surface area (Å²) in [5.41, 5.74) is 1.76.